The molecule has 8 heteroatoms. The normalized spacial score (nSPS) is 21.2. The molecule has 2 aliphatic heterocycles. The molecule has 0 saturated heterocycles. The van der Waals surface area contributed by atoms with Gasteiger partial charge >= 0.3 is 0 Å². The minimum Gasteiger partial charge on any atom is -0.396 e. The lowest BCUT2D eigenvalue weighted by atomic mass is 9.89. The van der Waals surface area contributed by atoms with Crippen molar-refractivity contribution >= 4 is 40.7 Å². The monoisotopic (exact) mass is 452 g/mol. The number of aliphatic hydroxyl groups excluding tert-OH is 1. The molecular formula is C22H26Cl2N2O4. The Morgan fingerprint density at radius 1 is 1.33 bits per heavy atom. The van der Waals surface area contributed by atoms with Crippen LogP contribution in [0.15, 0.2) is 22.7 Å². The fraction of sp³-hybridized carbons (Fsp3) is 0.500. The van der Waals surface area contributed by atoms with E-state index in [4.69, 9.17) is 27.9 Å². The second kappa shape index (κ2) is 9.18. The molecule has 0 aliphatic carbocycles. The Morgan fingerprint density at radius 2 is 2.03 bits per heavy atom. The summed E-state index contributed by atoms with van der Waals surface area (Å²) in [6.07, 6.45) is 1.91. The Labute approximate surface area is 186 Å². The molecular weight excluding hydrogens is 427 g/mol. The van der Waals surface area contributed by atoms with Gasteiger partial charge in [-0.2, -0.15) is 0 Å². The van der Waals surface area contributed by atoms with E-state index in [0.29, 0.717) is 40.4 Å². The Balaban J connectivity index is 1.96. The van der Waals surface area contributed by atoms with Crippen molar-refractivity contribution in [2.75, 3.05) is 26.8 Å². The minimum absolute atomic E-state index is 0.0983. The molecule has 1 aromatic carbocycles. The van der Waals surface area contributed by atoms with Crippen molar-refractivity contribution in [3.8, 4) is 0 Å². The minimum atomic E-state index is -0.504. The van der Waals surface area contributed by atoms with E-state index in [-0.39, 0.29) is 35.9 Å². The molecule has 0 saturated carbocycles. The molecule has 1 aromatic rings. The average Bonchev–Trinajstić information content (AvgIpc) is 2.69. The fourth-order valence-corrected chi connectivity index (χ4v) is 4.81. The Bertz CT molecular complexity index is 942. The Hall–Kier alpha value is -1.73. The van der Waals surface area contributed by atoms with Crippen LogP contribution in [0.4, 0.5) is 0 Å². The van der Waals surface area contributed by atoms with Crippen LogP contribution in [0.3, 0.4) is 0 Å². The SMILES string of the molecule is COC(c1cc(Cl)c2c(c1Cl)C(=O)N(CC1C(=O)N=C(C)C=C1C)CC2)[C@@H](C)CO. The number of allylic oxidation sites excluding steroid dienone is 1. The number of hydrogen-bond acceptors (Lipinski definition) is 4. The van der Waals surface area contributed by atoms with Gasteiger partial charge in [0.15, 0.2) is 0 Å². The van der Waals surface area contributed by atoms with E-state index in [0.717, 1.165) is 5.57 Å². The highest BCUT2D eigenvalue weighted by atomic mass is 35.5. The summed E-state index contributed by atoms with van der Waals surface area (Å²) in [5.74, 6) is -1.19. The van der Waals surface area contributed by atoms with Crippen LogP contribution in [0.25, 0.3) is 0 Å². The van der Waals surface area contributed by atoms with Crippen molar-refractivity contribution < 1.29 is 19.4 Å². The van der Waals surface area contributed by atoms with Gasteiger partial charge in [-0.3, -0.25) is 9.59 Å². The van der Waals surface area contributed by atoms with Crippen LogP contribution in [0.2, 0.25) is 10.0 Å². The van der Waals surface area contributed by atoms with Gasteiger partial charge in [0.25, 0.3) is 11.8 Å². The van der Waals surface area contributed by atoms with Crippen LogP contribution in [-0.2, 0) is 16.0 Å². The van der Waals surface area contributed by atoms with Crippen LogP contribution in [0, 0.1) is 11.8 Å². The van der Waals surface area contributed by atoms with Gasteiger partial charge in [-0.05, 0) is 38.0 Å². The number of dihydropyridines is 1. The van der Waals surface area contributed by atoms with E-state index >= 15 is 0 Å². The van der Waals surface area contributed by atoms with Crippen LogP contribution in [-0.4, -0.2) is 54.3 Å². The Kier molecular flexibility index (Phi) is 7.02. The number of aliphatic imine (C=N–C) groups is 1. The van der Waals surface area contributed by atoms with E-state index in [1.165, 1.54) is 7.11 Å². The molecule has 30 heavy (non-hydrogen) atoms. The summed E-state index contributed by atoms with van der Waals surface area (Å²) in [5.41, 5.74) is 3.19. The first-order valence-corrected chi connectivity index (χ1v) is 10.7. The van der Waals surface area contributed by atoms with Crippen LogP contribution >= 0.6 is 23.2 Å². The van der Waals surface area contributed by atoms with Gasteiger partial charge in [0.05, 0.1) is 22.6 Å². The molecule has 2 aliphatic rings. The number of aliphatic hydroxyl groups is 1. The number of carbonyl (C=O) groups excluding carboxylic acids is 2. The zero-order valence-electron chi connectivity index (χ0n) is 17.5. The van der Waals surface area contributed by atoms with Crippen LogP contribution in [0.1, 0.15) is 48.4 Å². The number of methoxy groups -OCH3 is 1. The largest absolute Gasteiger partial charge is 0.396 e. The van der Waals surface area contributed by atoms with Crippen molar-refractivity contribution in [3.63, 3.8) is 0 Å². The third kappa shape index (κ3) is 4.19. The van der Waals surface area contributed by atoms with Crippen LogP contribution < -0.4 is 0 Å². The maximum absolute atomic E-state index is 13.4. The summed E-state index contributed by atoms with van der Waals surface area (Å²) in [5, 5.41) is 10.3. The lowest BCUT2D eigenvalue weighted by molar-refractivity contribution is -0.120. The highest BCUT2D eigenvalue weighted by Crippen LogP contribution is 2.40. The molecule has 6 nitrogen and oxygen atoms in total. The molecule has 2 amide bonds. The van der Waals surface area contributed by atoms with E-state index < -0.39 is 12.0 Å². The number of amides is 2. The summed E-state index contributed by atoms with van der Waals surface area (Å²) in [6, 6.07) is 1.72. The van der Waals surface area contributed by atoms with Gasteiger partial charge in [0.1, 0.15) is 0 Å². The van der Waals surface area contributed by atoms with E-state index in [2.05, 4.69) is 4.99 Å². The number of halogens is 2. The summed E-state index contributed by atoms with van der Waals surface area (Å²) in [7, 11) is 1.53. The van der Waals surface area contributed by atoms with E-state index in [1.54, 1.807) is 17.9 Å². The first-order chi connectivity index (χ1) is 14.2. The van der Waals surface area contributed by atoms with E-state index in [9.17, 15) is 14.7 Å². The molecule has 0 radical (unpaired) electrons. The van der Waals surface area contributed by atoms with Crippen molar-refractivity contribution in [1.82, 2.24) is 4.90 Å². The fourth-order valence-electron chi connectivity index (χ4n) is 4.15. The van der Waals surface area contributed by atoms with Crippen molar-refractivity contribution in [2.45, 2.75) is 33.3 Å². The van der Waals surface area contributed by atoms with Gasteiger partial charge in [0.2, 0.25) is 0 Å². The van der Waals surface area contributed by atoms with E-state index in [1.807, 2.05) is 19.9 Å². The number of nitrogens with zero attached hydrogens (tertiary/aromatic N) is 2. The van der Waals surface area contributed by atoms with Crippen molar-refractivity contribution in [1.29, 1.82) is 0 Å². The van der Waals surface area contributed by atoms with Crippen molar-refractivity contribution in [2.24, 2.45) is 16.8 Å². The first-order valence-electron chi connectivity index (χ1n) is 9.90. The lowest BCUT2D eigenvalue weighted by Crippen LogP contribution is -2.43. The lowest BCUT2D eigenvalue weighted by Gasteiger charge is -2.34. The molecule has 3 rings (SSSR count). The van der Waals surface area contributed by atoms with Crippen molar-refractivity contribution in [3.05, 3.63) is 44.5 Å². The standard InChI is InChI=1S/C22H26Cl2N2O4/c1-11-7-13(3)25-21(28)16(11)9-26-6-5-14-17(23)8-15(19(24)18(14)22(26)29)20(30-4)12(2)10-27/h7-8,12,16,20,27H,5-6,9-10H2,1-4H3/t12-,16?,20?/m0/s1. The number of benzene rings is 1. The number of rotatable bonds is 6. The average molecular weight is 453 g/mol. The van der Waals surface area contributed by atoms with Gasteiger partial charge in [-0.1, -0.05) is 35.7 Å². The smallest absolute Gasteiger partial charge is 0.255 e. The maximum Gasteiger partial charge on any atom is 0.255 e. The topological polar surface area (TPSA) is 79.2 Å². The molecule has 0 spiro atoms. The second-order valence-electron chi connectivity index (χ2n) is 7.96. The molecule has 2 unspecified atom stereocenters. The van der Waals surface area contributed by atoms with Gasteiger partial charge in [0, 0.05) is 49.0 Å². The third-order valence-electron chi connectivity index (χ3n) is 5.82. The van der Waals surface area contributed by atoms with Gasteiger partial charge in [-0.15, -0.1) is 0 Å². The molecule has 2 heterocycles. The quantitative estimate of drug-likeness (QED) is 0.710. The zero-order valence-corrected chi connectivity index (χ0v) is 19.0. The number of ether oxygens (including phenoxy) is 1. The molecule has 0 aromatic heterocycles. The second-order valence-corrected chi connectivity index (χ2v) is 8.75. The first kappa shape index (κ1) is 22.9. The summed E-state index contributed by atoms with van der Waals surface area (Å²) in [6.45, 7) is 6.08. The van der Waals surface area contributed by atoms with Gasteiger partial charge < -0.3 is 14.7 Å². The predicted octanol–water partition coefficient (Wildman–Crippen LogP) is 3.87. The number of fused-ring (bicyclic) bond motifs is 1. The maximum atomic E-state index is 13.4. The third-order valence-corrected chi connectivity index (χ3v) is 6.56. The summed E-state index contributed by atoms with van der Waals surface area (Å²) in [4.78, 5) is 31.4. The highest BCUT2D eigenvalue weighted by Gasteiger charge is 2.35. The Morgan fingerprint density at radius 3 is 2.63 bits per heavy atom. The highest BCUT2D eigenvalue weighted by molar-refractivity contribution is 6.37. The summed E-state index contributed by atoms with van der Waals surface area (Å²) < 4.78 is 5.54. The van der Waals surface area contributed by atoms with Gasteiger partial charge in [-0.25, -0.2) is 4.99 Å². The molecule has 0 fully saturated rings. The number of carbonyl (C=O) groups is 2. The molecule has 0 bridgehead atoms. The zero-order chi connectivity index (χ0) is 22.2. The molecule has 1 N–H and O–H groups in total. The van der Waals surface area contributed by atoms with Crippen LogP contribution in [0.5, 0.6) is 0 Å². The predicted molar refractivity (Wildman–Crippen MR) is 117 cm³/mol. The molecule has 3 atom stereocenters. The summed E-state index contributed by atoms with van der Waals surface area (Å²) >= 11 is 13.2. The molecule has 162 valence electrons. The number of hydrogen-bond donors (Lipinski definition) is 1.